The fourth-order valence-electron chi connectivity index (χ4n) is 5.18. The fraction of sp³-hybridized carbons (Fsp3) is 0.500. The monoisotopic (exact) mass is 519 g/mol. The first-order chi connectivity index (χ1) is 17.1. The normalized spacial score (nSPS) is 26.3. The summed E-state index contributed by atoms with van der Waals surface area (Å²) in [6, 6.07) is 1.72. The number of aromatic nitrogens is 4. The van der Waals surface area contributed by atoms with Crippen molar-refractivity contribution < 1.29 is 18.7 Å². The number of anilines is 3. The van der Waals surface area contributed by atoms with E-state index < -0.39 is 17.0 Å². The van der Waals surface area contributed by atoms with E-state index in [2.05, 4.69) is 20.6 Å². The van der Waals surface area contributed by atoms with Gasteiger partial charge in [-0.1, -0.05) is 18.5 Å². The first-order valence-corrected chi connectivity index (χ1v) is 12.4. The number of imidazole rings is 1. The van der Waals surface area contributed by atoms with Gasteiger partial charge in [0, 0.05) is 23.6 Å². The molecule has 2 saturated carbocycles. The predicted octanol–water partition coefficient (Wildman–Crippen LogP) is 4.43. The molecule has 0 aliphatic heterocycles. The summed E-state index contributed by atoms with van der Waals surface area (Å²) in [5.41, 5.74) is 5.95. The number of rotatable bonds is 6. The molecule has 1 aromatic carbocycles. The Labute approximate surface area is 211 Å². The van der Waals surface area contributed by atoms with Gasteiger partial charge in [-0.25, -0.2) is 18.7 Å². The van der Waals surface area contributed by atoms with Gasteiger partial charge in [-0.2, -0.15) is 4.98 Å². The molecule has 0 radical (unpaired) electrons. The summed E-state index contributed by atoms with van der Waals surface area (Å²) in [4.78, 5) is 25.7. The van der Waals surface area contributed by atoms with Crippen molar-refractivity contribution in [1.82, 2.24) is 19.5 Å². The molecule has 0 saturated heterocycles. The molecule has 12 heteroatoms. The smallest absolute Gasteiger partial charge is 0.224 e. The Morgan fingerprint density at radius 2 is 1.97 bits per heavy atom. The number of carbonyl (C=O) groups is 1. The fourth-order valence-corrected chi connectivity index (χ4v) is 5.43. The number of benzene rings is 1. The lowest BCUT2D eigenvalue weighted by molar-refractivity contribution is -0.128. The van der Waals surface area contributed by atoms with E-state index in [0.717, 1.165) is 25.0 Å². The van der Waals surface area contributed by atoms with E-state index in [0.29, 0.717) is 49.2 Å². The Balaban J connectivity index is 1.53. The maximum atomic E-state index is 14.6. The van der Waals surface area contributed by atoms with Crippen LogP contribution in [-0.2, 0) is 4.79 Å². The second-order valence-corrected chi connectivity index (χ2v) is 10.4. The summed E-state index contributed by atoms with van der Waals surface area (Å²) in [5, 5.41) is 15.9. The van der Waals surface area contributed by atoms with Crippen LogP contribution in [0.2, 0.25) is 5.02 Å². The number of fused-ring (bicyclic) bond motifs is 1. The van der Waals surface area contributed by atoms with Gasteiger partial charge in [0.1, 0.15) is 11.3 Å². The van der Waals surface area contributed by atoms with Crippen molar-refractivity contribution in [2.24, 2.45) is 11.1 Å². The molecule has 1 amide bonds. The van der Waals surface area contributed by atoms with E-state index in [-0.39, 0.29) is 40.8 Å². The summed E-state index contributed by atoms with van der Waals surface area (Å²) in [6.45, 7) is 1.87. The number of nitrogens with zero attached hydrogens (tertiary/aromatic N) is 4. The van der Waals surface area contributed by atoms with Crippen LogP contribution in [0, 0.1) is 17.0 Å². The molecule has 2 aliphatic carbocycles. The highest BCUT2D eigenvalue weighted by atomic mass is 35.5. The topological polar surface area (TPSA) is 131 Å². The minimum absolute atomic E-state index is 0.0597. The van der Waals surface area contributed by atoms with Crippen molar-refractivity contribution in [3.05, 3.63) is 35.0 Å². The zero-order valence-corrected chi connectivity index (χ0v) is 20.5. The number of aliphatic hydroxyl groups excluding tert-OH is 1. The summed E-state index contributed by atoms with van der Waals surface area (Å²) >= 11 is 6.14. The van der Waals surface area contributed by atoms with E-state index in [9.17, 15) is 18.7 Å². The Morgan fingerprint density at radius 3 is 2.61 bits per heavy atom. The second-order valence-electron chi connectivity index (χ2n) is 10.0. The van der Waals surface area contributed by atoms with Crippen molar-refractivity contribution >= 4 is 46.3 Å². The molecule has 2 heterocycles. The van der Waals surface area contributed by atoms with Gasteiger partial charge < -0.3 is 21.5 Å². The zero-order valence-electron chi connectivity index (χ0n) is 19.8. The first kappa shape index (κ1) is 24.6. The lowest BCUT2D eigenvalue weighted by atomic mass is 9.73. The van der Waals surface area contributed by atoms with Crippen molar-refractivity contribution in [1.29, 1.82) is 0 Å². The van der Waals surface area contributed by atoms with E-state index >= 15 is 0 Å². The highest BCUT2D eigenvalue weighted by Gasteiger charge is 2.38. The van der Waals surface area contributed by atoms with Gasteiger partial charge in [-0.05, 0) is 51.0 Å². The van der Waals surface area contributed by atoms with Gasteiger partial charge >= 0.3 is 0 Å². The minimum Gasteiger partial charge on any atom is -0.393 e. The summed E-state index contributed by atoms with van der Waals surface area (Å²) in [6.07, 6.45) is 5.79. The molecule has 2 aliphatic rings. The quantitative estimate of drug-likeness (QED) is 0.379. The number of hydrogen-bond acceptors (Lipinski definition) is 7. The molecular formula is C24H28ClF2N7O2. The van der Waals surface area contributed by atoms with Crippen molar-refractivity contribution in [2.45, 2.75) is 70.1 Å². The molecule has 0 unspecified atom stereocenters. The average Bonchev–Trinajstić information content (AvgIpc) is 3.39. The molecule has 0 spiro atoms. The van der Waals surface area contributed by atoms with Crippen LogP contribution in [0.25, 0.3) is 11.2 Å². The van der Waals surface area contributed by atoms with Crippen LogP contribution in [0.4, 0.5) is 26.4 Å². The molecule has 9 nitrogen and oxygen atoms in total. The number of halogens is 3. The van der Waals surface area contributed by atoms with E-state index in [1.54, 1.807) is 6.20 Å². The molecular weight excluding hydrogens is 492 g/mol. The summed E-state index contributed by atoms with van der Waals surface area (Å²) in [7, 11) is 0. The molecule has 2 fully saturated rings. The van der Waals surface area contributed by atoms with Crippen LogP contribution < -0.4 is 16.4 Å². The van der Waals surface area contributed by atoms with Crippen molar-refractivity contribution in [2.75, 3.05) is 10.6 Å². The SMILES string of the molecule is CC1(C(N)=O)CCC(n2c(Nc3c(F)cc(F)cc3Cl)nc3cnc(N[C@H]4CC[C@H](O)C4)nc32)CC1. The standard InChI is InChI=1S/C24H28ClF2N7O2/c1-24(21(28)36)6-4-14(5-7-24)34-20-18(11-29-22(33-20)30-13-2-3-15(35)10-13)31-23(34)32-19-16(25)8-12(26)9-17(19)27/h8-9,11,13-15,35H,2-7,10H2,1H3,(H2,28,36)(H,31,32)(H,29,30,33)/t13-,14?,15-,24?/m0/s1. The number of amides is 1. The molecule has 2 atom stereocenters. The number of nitrogens with two attached hydrogens (primary N) is 1. The second kappa shape index (κ2) is 9.44. The third-order valence-electron chi connectivity index (χ3n) is 7.43. The highest BCUT2D eigenvalue weighted by molar-refractivity contribution is 6.33. The van der Waals surface area contributed by atoms with Gasteiger partial charge in [-0.3, -0.25) is 9.36 Å². The van der Waals surface area contributed by atoms with E-state index in [4.69, 9.17) is 22.3 Å². The average molecular weight is 520 g/mol. The molecule has 3 aromatic rings. The molecule has 0 bridgehead atoms. The number of carbonyl (C=O) groups excluding carboxylic acids is 1. The van der Waals surface area contributed by atoms with Gasteiger partial charge in [-0.15, -0.1) is 0 Å². The lowest BCUT2D eigenvalue weighted by Gasteiger charge is -2.35. The molecule has 5 N–H and O–H groups in total. The van der Waals surface area contributed by atoms with Gasteiger partial charge in [0.05, 0.1) is 23.0 Å². The van der Waals surface area contributed by atoms with Crippen LogP contribution >= 0.6 is 11.6 Å². The minimum atomic E-state index is -0.850. The first-order valence-electron chi connectivity index (χ1n) is 12.0. The molecule has 2 aromatic heterocycles. The number of hydrogen-bond donors (Lipinski definition) is 4. The van der Waals surface area contributed by atoms with E-state index in [1.165, 1.54) is 0 Å². The maximum Gasteiger partial charge on any atom is 0.224 e. The van der Waals surface area contributed by atoms with Crippen LogP contribution in [0.15, 0.2) is 18.3 Å². The van der Waals surface area contributed by atoms with Crippen LogP contribution in [-0.4, -0.2) is 42.7 Å². The zero-order chi connectivity index (χ0) is 25.6. The lowest BCUT2D eigenvalue weighted by Crippen LogP contribution is -2.38. The number of aliphatic hydroxyl groups is 1. The number of primary amides is 1. The Hall–Kier alpha value is -3.05. The predicted molar refractivity (Wildman–Crippen MR) is 132 cm³/mol. The number of nitrogens with one attached hydrogen (secondary N) is 2. The van der Waals surface area contributed by atoms with Crippen LogP contribution in [0.3, 0.4) is 0 Å². The molecule has 192 valence electrons. The third-order valence-corrected chi connectivity index (χ3v) is 7.73. The molecule has 5 rings (SSSR count). The largest absolute Gasteiger partial charge is 0.393 e. The van der Waals surface area contributed by atoms with Crippen molar-refractivity contribution in [3.63, 3.8) is 0 Å². The Morgan fingerprint density at radius 1 is 1.22 bits per heavy atom. The third kappa shape index (κ3) is 4.69. The van der Waals surface area contributed by atoms with Gasteiger partial charge in [0.2, 0.25) is 17.8 Å². The summed E-state index contributed by atoms with van der Waals surface area (Å²) in [5.74, 6) is -1.28. The van der Waals surface area contributed by atoms with E-state index in [1.807, 2.05) is 11.5 Å². The highest BCUT2D eigenvalue weighted by Crippen LogP contribution is 2.43. The van der Waals surface area contributed by atoms with Gasteiger partial charge in [0.25, 0.3) is 0 Å². The van der Waals surface area contributed by atoms with Crippen LogP contribution in [0.1, 0.15) is 57.9 Å². The summed E-state index contributed by atoms with van der Waals surface area (Å²) < 4.78 is 30.1. The Kier molecular flexibility index (Phi) is 6.46. The maximum absolute atomic E-state index is 14.6. The van der Waals surface area contributed by atoms with Crippen molar-refractivity contribution in [3.8, 4) is 0 Å². The molecule has 36 heavy (non-hydrogen) atoms. The van der Waals surface area contributed by atoms with Gasteiger partial charge in [0.15, 0.2) is 11.5 Å². The Bertz CT molecular complexity index is 1290. The van der Waals surface area contributed by atoms with Crippen LogP contribution in [0.5, 0.6) is 0 Å².